The smallest absolute Gasteiger partial charge is 0.244 e. The normalized spacial score (nSPS) is 16.8. The van der Waals surface area contributed by atoms with Crippen molar-refractivity contribution >= 4 is 0 Å². The highest BCUT2D eigenvalue weighted by molar-refractivity contribution is 4.93. The van der Waals surface area contributed by atoms with E-state index < -0.39 is 40.2 Å². The molecule has 0 N–H and O–H groups in total. The van der Waals surface area contributed by atoms with Gasteiger partial charge in [-0.15, -0.1) is 0 Å². The van der Waals surface area contributed by atoms with E-state index in [1.54, 1.807) is 20.8 Å². The average molecular weight is 958 g/mol. The fourth-order valence-corrected chi connectivity index (χ4v) is 8.73. The lowest BCUT2D eigenvalue weighted by molar-refractivity contribution is -0.258. The minimum atomic E-state index is -4.10. The Morgan fingerprint density at radius 1 is 0.385 bits per heavy atom. The minimum absolute atomic E-state index is 0.234. The van der Waals surface area contributed by atoms with E-state index >= 15 is 0 Å². The molecule has 2 rings (SSSR count). The molecule has 2 saturated carbocycles. The van der Waals surface area contributed by atoms with Crippen LogP contribution in [0.25, 0.3) is 0 Å². The molecule has 9 heteroatoms. The second kappa shape index (κ2) is 33.8. The standard InChI is InChI=1S/C13H25F3.C12H25F.C8H13F3.C7H13F.C6H13F.2C5H12/c1-6-10(7-2)12(5,13(14,15)16)11(8-3)9-4;1-6-10(7-2)12(5,13)11(8-3)9-4;1-7(8(9,10)11)5-3-2-4-6-7;1-7(8)5-3-2-4-6-7;1-4-6(3,7)5-2;2*1-5(2,3)4/h10-11H,6-9H2,1-5H3;10-11H,6-9H2,1-5H3;2-6H2,1H3;2-6H2,1H3;4-5H2,1-3H3;2*1-4H3. The summed E-state index contributed by atoms with van der Waals surface area (Å²) in [7, 11) is 0. The fraction of sp³-hybridized carbons (Fsp3) is 1.00. The Kier molecular flexibility index (Phi) is 38.2. The predicted octanol–water partition coefficient (Wildman–Crippen LogP) is 22.9. The molecule has 2 aliphatic rings. The molecule has 0 aromatic carbocycles. The zero-order valence-corrected chi connectivity index (χ0v) is 47.4. The van der Waals surface area contributed by atoms with Gasteiger partial charge in [0.2, 0.25) is 0 Å². The summed E-state index contributed by atoms with van der Waals surface area (Å²) < 4.78 is 117. The molecular weight excluding hydrogens is 844 g/mol. The molecule has 65 heavy (non-hydrogen) atoms. The molecule has 0 bridgehead atoms. The van der Waals surface area contributed by atoms with Gasteiger partial charge in [0.05, 0.1) is 10.8 Å². The number of halogens is 9. The first kappa shape index (κ1) is 73.3. The zero-order chi connectivity index (χ0) is 53.0. The van der Waals surface area contributed by atoms with Crippen LogP contribution in [0.4, 0.5) is 39.5 Å². The lowest BCUT2D eigenvalue weighted by atomic mass is 9.63. The maximum absolute atomic E-state index is 14.4. The van der Waals surface area contributed by atoms with Gasteiger partial charge in [-0.1, -0.05) is 228 Å². The van der Waals surface area contributed by atoms with Crippen molar-refractivity contribution in [1.29, 1.82) is 0 Å². The van der Waals surface area contributed by atoms with Crippen molar-refractivity contribution in [3.8, 4) is 0 Å². The lowest BCUT2D eigenvalue weighted by Gasteiger charge is -2.44. The molecular formula is C56H113F9. The van der Waals surface area contributed by atoms with Crippen molar-refractivity contribution in [1.82, 2.24) is 0 Å². The van der Waals surface area contributed by atoms with E-state index in [0.29, 0.717) is 62.2 Å². The third-order valence-electron chi connectivity index (χ3n) is 13.9. The Bertz CT molecular complexity index is 1000. The van der Waals surface area contributed by atoms with Gasteiger partial charge in [0, 0.05) is 0 Å². The Morgan fingerprint density at radius 2 is 0.615 bits per heavy atom. The molecule has 0 aliphatic heterocycles. The van der Waals surface area contributed by atoms with Crippen LogP contribution in [0, 0.1) is 45.3 Å². The summed E-state index contributed by atoms with van der Waals surface area (Å²) in [4.78, 5) is 0. The molecule has 2 aliphatic carbocycles. The van der Waals surface area contributed by atoms with Gasteiger partial charge < -0.3 is 0 Å². The van der Waals surface area contributed by atoms with Crippen molar-refractivity contribution in [2.75, 3.05) is 0 Å². The third-order valence-corrected chi connectivity index (χ3v) is 13.9. The zero-order valence-electron chi connectivity index (χ0n) is 47.4. The van der Waals surface area contributed by atoms with E-state index in [0.717, 1.165) is 70.6 Å². The molecule has 0 unspecified atom stereocenters. The molecule has 0 amide bonds. The van der Waals surface area contributed by atoms with Crippen molar-refractivity contribution in [3.05, 3.63) is 0 Å². The number of rotatable bonds is 14. The van der Waals surface area contributed by atoms with Crippen LogP contribution in [0.5, 0.6) is 0 Å². The van der Waals surface area contributed by atoms with Crippen molar-refractivity contribution in [2.24, 2.45) is 45.3 Å². The second-order valence-electron chi connectivity index (χ2n) is 23.7. The molecule has 0 atom stereocenters. The summed E-state index contributed by atoms with van der Waals surface area (Å²) in [6.45, 7) is 44.9. The number of hydrogen-bond acceptors (Lipinski definition) is 0. The van der Waals surface area contributed by atoms with E-state index in [1.807, 2.05) is 41.5 Å². The molecule has 0 aromatic rings. The molecule has 0 aromatic heterocycles. The van der Waals surface area contributed by atoms with Crippen molar-refractivity contribution < 1.29 is 39.5 Å². The maximum atomic E-state index is 14.4. The summed E-state index contributed by atoms with van der Waals surface area (Å²) in [5.74, 6) is -0.0652. The molecule has 0 saturated heterocycles. The molecule has 0 spiro atoms. The highest BCUT2D eigenvalue weighted by Gasteiger charge is 2.57. The largest absolute Gasteiger partial charge is 0.394 e. The molecule has 0 heterocycles. The SMILES string of the molecule is CC(C)(C)C.CC(C)(C)C.CC1(C(F)(F)F)CCCCC1.CC1(F)CCCCC1.CCC(C)(F)CC.CCC(CC)C(C)(C(CC)CC)C(F)(F)F.CCC(CC)C(C)(F)C(CC)CC. The van der Waals surface area contributed by atoms with Gasteiger partial charge in [-0.25, -0.2) is 13.2 Å². The van der Waals surface area contributed by atoms with Gasteiger partial charge in [-0.2, -0.15) is 26.3 Å². The first-order chi connectivity index (χ1) is 29.1. The highest BCUT2D eigenvalue weighted by atomic mass is 19.4. The van der Waals surface area contributed by atoms with Gasteiger partial charge in [0.15, 0.2) is 0 Å². The van der Waals surface area contributed by atoms with E-state index in [1.165, 1.54) is 20.3 Å². The highest BCUT2D eigenvalue weighted by Crippen LogP contribution is 2.54. The van der Waals surface area contributed by atoms with Gasteiger partial charge in [0.25, 0.3) is 0 Å². The second-order valence-corrected chi connectivity index (χ2v) is 23.7. The number of alkyl halides is 9. The summed E-state index contributed by atoms with van der Waals surface area (Å²) >= 11 is 0. The topological polar surface area (TPSA) is 0 Å². The quantitative estimate of drug-likeness (QED) is 0.152. The molecule has 2 fully saturated rings. The van der Waals surface area contributed by atoms with E-state index in [9.17, 15) is 39.5 Å². The van der Waals surface area contributed by atoms with Gasteiger partial charge in [-0.05, 0) is 93.8 Å². The van der Waals surface area contributed by atoms with Crippen LogP contribution in [-0.2, 0) is 0 Å². The van der Waals surface area contributed by atoms with Crippen LogP contribution >= 0.6 is 0 Å². The van der Waals surface area contributed by atoms with Crippen LogP contribution in [0.1, 0.15) is 288 Å². The Balaban J connectivity index is -0.000000224. The van der Waals surface area contributed by atoms with Crippen molar-refractivity contribution in [2.45, 2.75) is 317 Å². The average Bonchev–Trinajstić information content (AvgIpc) is 3.15. The first-order valence-corrected chi connectivity index (χ1v) is 26.3. The van der Waals surface area contributed by atoms with Gasteiger partial charge in [-0.3, -0.25) is 0 Å². The monoisotopic (exact) mass is 957 g/mol. The van der Waals surface area contributed by atoms with Crippen LogP contribution in [-0.4, -0.2) is 29.4 Å². The Hall–Kier alpha value is -0.630. The predicted molar refractivity (Wildman–Crippen MR) is 270 cm³/mol. The van der Waals surface area contributed by atoms with Crippen molar-refractivity contribution in [3.63, 3.8) is 0 Å². The summed E-state index contributed by atoms with van der Waals surface area (Å²) in [6, 6.07) is 0. The Morgan fingerprint density at radius 3 is 0.738 bits per heavy atom. The van der Waals surface area contributed by atoms with Crippen LogP contribution in [0.2, 0.25) is 0 Å². The maximum Gasteiger partial charge on any atom is 0.394 e. The third kappa shape index (κ3) is 34.3. The Labute approximate surface area is 400 Å². The van der Waals surface area contributed by atoms with E-state index in [4.69, 9.17) is 0 Å². The molecule has 0 radical (unpaired) electrons. The van der Waals surface area contributed by atoms with Crippen LogP contribution in [0.15, 0.2) is 0 Å². The van der Waals surface area contributed by atoms with E-state index in [-0.39, 0.29) is 23.7 Å². The van der Waals surface area contributed by atoms with Crippen LogP contribution in [0.3, 0.4) is 0 Å². The molecule has 0 nitrogen and oxygen atoms in total. The van der Waals surface area contributed by atoms with Crippen LogP contribution < -0.4 is 0 Å². The van der Waals surface area contributed by atoms with Gasteiger partial charge in [0.1, 0.15) is 17.0 Å². The van der Waals surface area contributed by atoms with E-state index in [2.05, 4.69) is 83.1 Å². The van der Waals surface area contributed by atoms with Gasteiger partial charge >= 0.3 is 12.4 Å². The fourth-order valence-electron chi connectivity index (χ4n) is 8.73. The summed E-state index contributed by atoms with van der Waals surface area (Å²) in [5, 5.41) is 0. The number of hydrogen-bond donors (Lipinski definition) is 0. The minimum Gasteiger partial charge on any atom is -0.244 e. The lowest BCUT2D eigenvalue weighted by Crippen LogP contribution is -2.47. The summed E-state index contributed by atoms with van der Waals surface area (Å²) in [5.41, 5.74) is -4.61. The first-order valence-electron chi connectivity index (χ1n) is 26.3. The molecule has 400 valence electrons. The summed E-state index contributed by atoms with van der Waals surface area (Å²) in [6.07, 6.45) is 7.45.